The number of hydrogen-bond acceptors (Lipinski definition) is 3. The molecule has 1 aliphatic heterocycles. The first-order valence-electron chi connectivity index (χ1n) is 8.22. The number of nitrogens with one attached hydrogen (secondary N) is 2. The standard InChI is InChI=1S/C19H21ClN2O2S/c1-12-6-13(2)8-15(7-12)22-19(25)21-11-14-9-16(20)18-17(10-14)23-4-3-5-24-18/h6-10H,3-5,11H2,1-2H3,(H2,21,22,25). The molecule has 0 saturated carbocycles. The van der Waals surface area contributed by atoms with Crippen LogP contribution in [0.2, 0.25) is 5.02 Å². The molecule has 0 unspecified atom stereocenters. The van der Waals surface area contributed by atoms with Crippen LogP contribution in [-0.2, 0) is 6.54 Å². The summed E-state index contributed by atoms with van der Waals surface area (Å²) in [6.45, 7) is 5.93. The van der Waals surface area contributed by atoms with Gasteiger partial charge in [0.1, 0.15) is 0 Å². The number of rotatable bonds is 3. The SMILES string of the molecule is Cc1cc(C)cc(NC(=S)NCc2cc(Cl)c3c(c2)OCCCO3)c1. The van der Waals surface area contributed by atoms with Crippen molar-refractivity contribution in [2.24, 2.45) is 0 Å². The van der Waals surface area contributed by atoms with Crippen molar-refractivity contribution in [2.45, 2.75) is 26.8 Å². The summed E-state index contributed by atoms with van der Waals surface area (Å²) in [4.78, 5) is 0. The molecular formula is C19H21ClN2O2S. The van der Waals surface area contributed by atoms with Crippen molar-refractivity contribution >= 4 is 34.6 Å². The Labute approximate surface area is 158 Å². The first-order chi connectivity index (χ1) is 12.0. The number of halogens is 1. The maximum Gasteiger partial charge on any atom is 0.179 e. The topological polar surface area (TPSA) is 42.5 Å². The third-order valence-electron chi connectivity index (χ3n) is 3.79. The molecule has 0 saturated heterocycles. The van der Waals surface area contributed by atoms with E-state index in [1.807, 2.05) is 12.1 Å². The summed E-state index contributed by atoms with van der Waals surface area (Å²) in [7, 11) is 0. The highest BCUT2D eigenvalue weighted by Gasteiger charge is 2.15. The van der Waals surface area contributed by atoms with E-state index in [1.165, 1.54) is 11.1 Å². The Hall–Kier alpha value is -1.98. The maximum absolute atomic E-state index is 6.32. The highest BCUT2D eigenvalue weighted by atomic mass is 35.5. The number of fused-ring (bicyclic) bond motifs is 1. The molecule has 25 heavy (non-hydrogen) atoms. The Morgan fingerprint density at radius 1 is 1.08 bits per heavy atom. The molecule has 0 aromatic heterocycles. The van der Waals surface area contributed by atoms with E-state index in [0.29, 0.717) is 41.4 Å². The van der Waals surface area contributed by atoms with Crippen molar-refractivity contribution in [3.05, 3.63) is 52.0 Å². The summed E-state index contributed by atoms with van der Waals surface area (Å²) in [5.41, 5.74) is 4.35. The largest absolute Gasteiger partial charge is 0.489 e. The Balaban J connectivity index is 1.64. The van der Waals surface area contributed by atoms with E-state index >= 15 is 0 Å². The lowest BCUT2D eigenvalue weighted by molar-refractivity contribution is 0.297. The molecule has 0 fully saturated rings. The zero-order valence-electron chi connectivity index (χ0n) is 14.3. The molecule has 0 bridgehead atoms. The predicted octanol–water partition coefficient (Wildman–Crippen LogP) is 4.60. The quantitative estimate of drug-likeness (QED) is 0.766. The van der Waals surface area contributed by atoms with Crippen LogP contribution in [0.4, 0.5) is 5.69 Å². The van der Waals surface area contributed by atoms with Crippen LogP contribution in [0, 0.1) is 13.8 Å². The van der Waals surface area contributed by atoms with E-state index in [0.717, 1.165) is 17.7 Å². The van der Waals surface area contributed by atoms with Gasteiger partial charge in [-0.3, -0.25) is 0 Å². The van der Waals surface area contributed by atoms with Gasteiger partial charge < -0.3 is 20.1 Å². The van der Waals surface area contributed by atoms with Crippen molar-refractivity contribution in [2.75, 3.05) is 18.5 Å². The number of ether oxygens (including phenoxy) is 2. The van der Waals surface area contributed by atoms with E-state index in [9.17, 15) is 0 Å². The van der Waals surface area contributed by atoms with Crippen LogP contribution >= 0.6 is 23.8 Å². The van der Waals surface area contributed by atoms with Crippen LogP contribution in [0.1, 0.15) is 23.1 Å². The van der Waals surface area contributed by atoms with Gasteiger partial charge in [0.05, 0.1) is 18.2 Å². The number of hydrogen-bond donors (Lipinski definition) is 2. The molecule has 2 N–H and O–H groups in total. The minimum atomic E-state index is 0.549. The first-order valence-corrected chi connectivity index (χ1v) is 9.01. The minimum Gasteiger partial charge on any atom is -0.489 e. The molecule has 0 aliphatic carbocycles. The minimum absolute atomic E-state index is 0.549. The smallest absolute Gasteiger partial charge is 0.179 e. The fourth-order valence-corrected chi connectivity index (χ4v) is 3.27. The molecule has 0 atom stereocenters. The molecule has 4 nitrogen and oxygen atoms in total. The first kappa shape index (κ1) is 17.8. The van der Waals surface area contributed by atoms with Crippen LogP contribution in [0.25, 0.3) is 0 Å². The summed E-state index contributed by atoms with van der Waals surface area (Å²) in [6.07, 6.45) is 0.850. The van der Waals surface area contributed by atoms with Crippen LogP contribution in [0.15, 0.2) is 30.3 Å². The molecule has 0 amide bonds. The molecule has 3 rings (SSSR count). The van der Waals surface area contributed by atoms with E-state index in [4.69, 9.17) is 33.3 Å². The number of benzene rings is 2. The zero-order valence-corrected chi connectivity index (χ0v) is 15.9. The molecule has 132 valence electrons. The van der Waals surface area contributed by atoms with Gasteiger partial charge in [0.25, 0.3) is 0 Å². The van der Waals surface area contributed by atoms with Gasteiger partial charge in [0, 0.05) is 18.7 Å². The van der Waals surface area contributed by atoms with Crippen LogP contribution in [0.5, 0.6) is 11.5 Å². The Bertz CT molecular complexity index is 775. The summed E-state index contributed by atoms with van der Waals surface area (Å²) >= 11 is 11.7. The van der Waals surface area contributed by atoms with Crippen LogP contribution < -0.4 is 20.1 Å². The molecule has 2 aromatic carbocycles. The van der Waals surface area contributed by atoms with E-state index < -0.39 is 0 Å². The summed E-state index contributed by atoms with van der Waals surface area (Å²) in [5, 5.41) is 7.54. The number of thiocarbonyl (C=S) groups is 1. The fraction of sp³-hybridized carbons (Fsp3) is 0.316. The molecule has 1 aliphatic rings. The van der Waals surface area contributed by atoms with Gasteiger partial charge in [-0.2, -0.15) is 0 Å². The molecule has 1 heterocycles. The van der Waals surface area contributed by atoms with Gasteiger partial charge in [0.15, 0.2) is 16.6 Å². The molecular weight excluding hydrogens is 356 g/mol. The number of anilines is 1. The third kappa shape index (κ3) is 4.77. The van der Waals surface area contributed by atoms with Gasteiger partial charge in [0.2, 0.25) is 0 Å². The summed E-state index contributed by atoms with van der Waals surface area (Å²) < 4.78 is 11.4. The van der Waals surface area contributed by atoms with Crippen molar-refractivity contribution in [3.8, 4) is 11.5 Å². The second kappa shape index (κ2) is 7.93. The zero-order chi connectivity index (χ0) is 17.8. The van der Waals surface area contributed by atoms with Crippen molar-refractivity contribution in [1.82, 2.24) is 5.32 Å². The third-order valence-corrected chi connectivity index (χ3v) is 4.32. The number of aryl methyl sites for hydroxylation is 2. The average molecular weight is 377 g/mol. The molecule has 0 spiro atoms. The fourth-order valence-electron chi connectivity index (χ4n) is 2.79. The highest BCUT2D eigenvalue weighted by Crippen LogP contribution is 2.37. The molecule has 0 radical (unpaired) electrons. The van der Waals surface area contributed by atoms with E-state index in [-0.39, 0.29) is 0 Å². The normalized spacial score (nSPS) is 13.1. The van der Waals surface area contributed by atoms with Crippen molar-refractivity contribution in [1.29, 1.82) is 0 Å². The lowest BCUT2D eigenvalue weighted by Crippen LogP contribution is -2.28. The monoisotopic (exact) mass is 376 g/mol. The van der Waals surface area contributed by atoms with Gasteiger partial charge in [-0.15, -0.1) is 0 Å². The van der Waals surface area contributed by atoms with Crippen molar-refractivity contribution < 1.29 is 9.47 Å². The van der Waals surface area contributed by atoms with Gasteiger partial charge in [-0.25, -0.2) is 0 Å². The highest BCUT2D eigenvalue weighted by molar-refractivity contribution is 7.80. The van der Waals surface area contributed by atoms with Gasteiger partial charge in [-0.1, -0.05) is 17.7 Å². The lowest BCUT2D eigenvalue weighted by atomic mass is 10.1. The second-order valence-corrected chi connectivity index (χ2v) is 6.95. The Kier molecular flexibility index (Phi) is 5.66. The van der Waals surface area contributed by atoms with Gasteiger partial charge in [-0.05, 0) is 67.0 Å². The second-order valence-electron chi connectivity index (χ2n) is 6.14. The Morgan fingerprint density at radius 3 is 2.56 bits per heavy atom. The summed E-state index contributed by atoms with van der Waals surface area (Å²) in [5.74, 6) is 1.31. The molecule has 2 aromatic rings. The Morgan fingerprint density at radius 2 is 1.80 bits per heavy atom. The summed E-state index contributed by atoms with van der Waals surface area (Å²) in [6, 6.07) is 10.1. The average Bonchev–Trinajstić information content (AvgIpc) is 2.77. The lowest BCUT2D eigenvalue weighted by Gasteiger charge is -2.14. The van der Waals surface area contributed by atoms with Crippen molar-refractivity contribution in [3.63, 3.8) is 0 Å². The van der Waals surface area contributed by atoms with E-state index in [2.05, 4.69) is 42.7 Å². The predicted molar refractivity (Wildman–Crippen MR) is 106 cm³/mol. The van der Waals surface area contributed by atoms with Crippen LogP contribution in [0.3, 0.4) is 0 Å². The van der Waals surface area contributed by atoms with Gasteiger partial charge >= 0.3 is 0 Å². The maximum atomic E-state index is 6.32. The van der Waals surface area contributed by atoms with E-state index in [1.54, 1.807) is 0 Å². The van der Waals surface area contributed by atoms with Crippen LogP contribution in [-0.4, -0.2) is 18.3 Å². The molecule has 6 heteroatoms.